The van der Waals surface area contributed by atoms with Crippen LogP contribution in [0.2, 0.25) is 0 Å². The average molecular weight is 404 g/mol. The highest BCUT2D eigenvalue weighted by molar-refractivity contribution is 6.09. The number of piperidine rings is 1. The summed E-state index contributed by atoms with van der Waals surface area (Å²) in [7, 11) is 1.81. The van der Waals surface area contributed by atoms with E-state index in [2.05, 4.69) is 25.4 Å². The summed E-state index contributed by atoms with van der Waals surface area (Å²) >= 11 is 0. The van der Waals surface area contributed by atoms with E-state index in [9.17, 15) is 9.90 Å². The van der Waals surface area contributed by atoms with Gasteiger partial charge in [-0.2, -0.15) is 5.10 Å². The van der Waals surface area contributed by atoms with E-state index in [0.717, 1.165) is 39.1 Å². The predicted molar refractivity (Wildman–Crippen MR) is 118 cm³/mol. The summed E-state index contributed by atoms with van der Waals surface area (Å²) in [6, 6.07) is 9.89. The van der Waals surface area contributed by atoms with Crippen LogP contribution in [0.25, 0.3) is 27.7 Å². The number of benzene rings is 1. The maximum atomic E-state index is 11.2. The van der Waals surface area contributed by atoms with Crippen molar-refractivity contribution in [2.75, 3.05) is 25.0 Å². The third kappa shape index (κ3) is 3.76. The summed E-state index contributed by atoms with van der Waals surface area (Å²) in [4.78, 5) is 17.8. The monoisotopic (exact) mass is 404 g/mol. The molecule has 0 saturated carbocycles. The molecule has 154 valence electrons. The Morgan fingerprint density at radius 1 is 1.30 bits per heavy atom. The number of anilines is 1. The van der Waals surface area contributed by atoms with E-state index < -0.39 is 5.97 Å². The number of hydrogen-bond donors (Lipinski definition) is 4. The van der Waals surface area contributed by atoms with Crippen LogP contribution in [0.15, 0.2) is 42.7 Å². The number of carbonyl (C=O) groups is 1. The van der Waals surface area contributed by atoms with Crippen LogP contribution in [0.3, 0.4) is 0 Å². The van der Waals surface area contributed by atoms with E-state index in [0.29, 0.717) is 25.9 Å². The van der Waals surface area contributed by atoms with Gasteiger partial charge >= 0.3 is 5.97 Å². The van der Waals surface area contributed by atoms with Gasteiger partial charge in [-0.15, -0.1) is 0 Å². The second-order valence-electron chi connectivity index (χ2n) is 7.37. The zero-order chi connectivity index (χ0) is 21.1. The Balaban J connectivity index is 1.66. The minimum atomic E-state index is -0.716. The molecule has 0 aliphatic carbocycles. The summed E-state index contributed by atoms with van der Waals surface area (Å²) in [5, 5.41) is 28.4. The van der Waals surface area contributed by atoms with Crippen molar-refractivity contribution in [3.63, 3.8) is 0 Å². The van der Waals surface area contributed by atoms with E-state index in [4.69, 9.17) is 5.41 Å². The molecule has 2 aromatic heterocycles. The number of aromatic nitrogens is 3. The number of rotatable bonds is 6. The third-order valence-corrected chi connectivity index (χ3v) is 5.54. The lowest BCUT2D eigenvalue weighted by atomic mass is 9.97. The topological polar surface area (TPSA) is 118 Å². The SMILES string of the molecule is CN/C=C(\C=N)c1ccc2[nH]nc(-c3ccnc(N4CCC(C(=O)O)CC4)c3)c2c1. The number of nitrogens with zero attached hydrogens (tertiary/aromatic N) is 3. The van der Waals surface area contributed by atoms with Crippen LogP contribution in [0.5, 0.6) is 0 Å². The molecule has 4 rings (SSSR count). The van der Waals surface area contributed by atoms with E-state index in [-0.39, 0.29) is 5.92 Å². The van der Waals surface area contributed by atoms with Gasteiger partial charge in [-0.1, -0.05) is 6.07 Å². The fourth-order valence-corrected chi connectivity index (χ4v) is 3.87. The lowest BCUT2D eigenvalue weighted by Gasteiger charge is -2.31. The average Bonchev–Trinajstić information content (AvgIpc) is 3.21. The Kier molecular flexibility index (Phi) is 5.47. The van der Waals surface area contributed by atoms with Gasteiger partial charge in [-0.05, 0) is 42.7 Å². The molecule has 4 N–H and O–H groups in total. The minimum Gasteiger partial charge on any atom is -0.481 e. The number of aromatic amines is 1. The van der Waals surface area contributed by atoms with E-state index in [1.54, 1.807) is 12.4 Å². The molecule has 30 heavy (non-hydrogen) atoms. The molecule has 3 heterocycles. The molecule has 1 fully saturated rings. The molecule has 8 nitrogen and oxygen atoms in total. The molecule has 8 heteroatoms. The third-order valence-electron chi connectivity index (χ3n) is 5.54. The number of hydrogen-bond acceptors (Lipinski definition) is 6. The van der Waals surface area contributed by atoms with Crippen molar-refractivity contribution in [2.45, 2.75) is 12.8 Å². The molecule has 1 aliphatic rings. The summed E-state index contributed by atoms with van der Waals surface area (Å²) in [5.74, 6) is -0.155. The summed E-state index contributed by atoms with van der Waals surface area (Å²) in [6.45, 7) is 1.35. The smallest absolute Gasteiger partial charge is 0.306 e. The second-order valence-corrected chi connectivity index (χ2v) is 7.37. The van der Waals surface area contributed by atoms with Gasteiger partial charge in [0.25, 0.3) is 0 Å². The molecule has 3 aromatic rings. The fraction of sp³-hybridized carbons (Fsp3) is 0.273. The second kappa shape index (κ2) is 8.36. The molecular weight excluding hydrogens is 380 g/mol. The van der Waals surface area contributed by atoms with Crippen molar-refractivity contribution in [3.05, 3.63) is 48.3 Å². The number of pyridine rings is 1. The van der Waals surface area contributed by atoms with Crippen LogP contribution >= 0.6 is 0 Å². The highest BCUT2D eigenvalue weighted by Gasteiger charge is 2.25. The highest BCUT2D eigenvalue weighted by Crippen LogP contribution is 2.31. The Morgan fingerprint density at radius 3 is 2.80 bits per heavy atom. The van der Waals surface area contributed by atoms with Crippen LogP contribution in [0, 0.1) is 11.3 Å². The van der Waals surface area contributed by atoms with Crippen molar-refractivity contribution in [3.8, 4) is 11.3 Å². The van der Waals surface area contributed by atoms with Crippen molar-refractivity contribution in [2.24, 2.45) is 5.92 Å². The molecule has 0 amide bonds. The number of allylic oxidation sites excluding steroid dienone is 1. The molecule has 0 atom stereocenters. The number of carboxylic acids is 1. The Labute approximate surface area is 174 Å². The number of carboxylic acid groups (broad SMARTS) is 1. The number of aliphatic carboxylic acids is 1. The maximum absolute atomic E-state index is 11.2. The van der Waals surface area contributed by atoms with Crippen LogP contribution in [-0.2, 0) is 4.79 Å². The zero-order valence-corrected chi connectivity index (χ0v) is 16.7. The molecule has 1 saturated heterocycles. The molecule has 0 unspecified atom stereocenters. The predicted octanol–water partition coefficient (Wildman–Crippen LogP) is 3.14. The first kappa shape index (κ1) is 19.6. The maximum Gasteiger partial charge on any atom is 0.306 e. The van der Waals surface area contributed by atoms with E-state index in [1.807, 2.05) is 37.4 Å². The van der Waals surface area contributed by atoms with Gasteiger partial charge in [0.1, 0.15) is 11.5 Å². The van der Waals surface area contributed by atoms with Crippen LogP contribution in [0.1, 0.15) is 18.4 Å². The summed E-state index contributed by atoms with van der Waals surface area (Å²) in [6.07, 6.45) is 6.13. The van der Waals surface area contributed by atoms with Crippen LogP contribution in [0.4, 0.5) is 5.82 Å². The van der Waals surface area contributed by atoms with Gasteiger partial charge in [0, 0.05) is 55.3 Å². The quantitative estimate of drug-likeness (QED) is 0.469. The number of nitrogens with one attached hydrogen (secondary N) is 3. The van der Waals surface area contributed by atoms with Crippen LogP contribution in [-0.4, -0.2) is 52.6 Å². The number of H-pyrrole nitrogens is 1. The Bertz CT molecular complexity index is 1110. The number of fused-ring (bicyclic) bond motifs is 1. The standard InChI is InChI=1S/C22H24N6O2/c1-24-13-17(12-23)15-2-3-19-18(10-15)21(27-26-19)16-4-7-25-20(11-16)28-8-5-14(6-9-28)22(29)30/h2-4,7,10-14,23-24H,5-6,8-9H2,1H3,(H,26,27)(H,29,30)/b17-13+,23-12?. The van der Waals surface area contributed by atoms with E-state index in [1.165, 1.54) is 6.21 Å². The fourth-order valence-electron chi connectivity index (χ4n) is 3.87. The van der Waals surface area contributed by atoms with Crippen molar-refractivity contribution >= 4 is 34.5 Å². The lowest BCUT2D eigenvalue weighted by molar-refractivity contribution is -0.142. The lowest BCUT2D eigenvalue weighted by Crippen LogP contribution is -2.36. The van der Waals surface area contributed by atoms with Gasteiger partial charge in [-0.25, -0.2) is 4.98 Å². The summed E-state index contributed by atoms with van der Waals surface area (Å²) in [5.41, 5.74) is 4.40. The minimum absolute atomic E-state index is 0.271. The largest absolute Gasteiger partial charge is 0.481 e. The van der Waals surface area contributed by atoms with Crippen molar-refractivity contribution in [1.29, 1.82) is 5.41 Å². The Morgan fingerprint density at radius 2 is 2.10 bits per heavy atom. The van der Waals surface area contributed by atoms with Crippen LogP contribution < -0.4 is 10.2 Å². The summed E-state index contributed by atoms with van der Waals surface area (Å²) < 4.78 is 0. The first-order valence-electron chi connectivity index (χ1n) is 9.91. The molecule has 0 bridgehead atoms. The zero-order valence-electron chi connectivity index (χ0n) is 16.7. The molecule has 1 aliphatic heterocycles. The van der Waals surface area contributed by atoms with Crippen molar-refractivity contribution < 1.29 is 9.90 Å². The van der Waals surface area contributed by atoms with Gasteiger partial charge < -0.3 is 20.7 Å². The van der Waals surface area contributed by atoms with Gasteiger partial charge in [0.05, 0.1) is 11.4 Å². The van der Waals surface area contributed by atoms with Crippen molar-refractivity contribution in [1.82, 2.24) is 20.5 Å². The Hall–Kier alpha value is -3.68. The van der Waals surface area contributed by atoms with Gasteiger partial charge in [0.15, 0.2) is 0 Å². The molecule has 0 spiro atoms. The molecule has 0 radical (unpaired) electrons. The molecule has 1 aromatic carbocycles. The highest BCUT2D eigenvalue weighted by atomic mass is 16.4. The first-order valence-corrected chi connectivity index (χ1v) is 9.91. The molecular formula is C22H24N6O2. The van der Waals surface area contributed by atoms with Gasteiger partial charge in [0.2, 0.25) is 0 Å². The van der Waals surface area contributed by atoms with E-state index >= 15 is 0 Å². The normalized spacial score (nSPS) is 15.4. The van der Waals surface area contributed by atoms with Gasteiger partial charge in [-0.3, -0.25) is 9.89 Å². The first-order chi connectivity index (χ1) is 14.6.